The van der Waals surface area contributed by atoms with Crippen LogP contribution in [-0.2, 0) is 4.79 Å². The molecule has 0 aliphatic carbocycles. The van der Waals surface area contributed by atoms with Crippen LogP contribution in [0.3, 0.4) is 0 Å². The van der Waals surface area contributed by atoms with E-state index in [-0.39, 0.29) is 5.75 Å². The van der Waals surface area contributed by atoms with Gasteiger partial charge in [0.1, 0.15) is 11.5 Å². The first-order valence-electron chi connectivity index (χ1n) is 11.9. The number of halogens is 1. The van der Waals surface area contributed by atoms with Gasteiger partial charge in [-0.25, -0.2) is 10.2 Å². The van der Waals surface area contributed by atoms with Gasteiger partial charge < -0.3 is 18.9 Å². The number of esters is 1. The normalized spacial score (nSPS) is 11.6. The highest BCUT2D eigenvalue weighted by Crippen LogP contribution is 2.29. The van der Waals surface area contributed by atoms with Gasteiger partial charge in [0.05, 0.1) is 25.0 Å². The monoisotopic (exact) mass is 524 g/mol. The van der Waals surface area contributed by atoms with Crippen LogP contribution in [0.1, 0.15) is 43.1 Å². The van der Waals surface area contributed by atoms with Crippen molar-refractivity contribution in [3.05, 3.63) is 82.9 Å². The number of amides is 1. The molecule has 0 fully saturated rings. The number of rotatable bonds is 12. The zero-order chi connectivity index (χ0) is 26.6. The number of nitrogens with zero attached hydrogens (tertiary/aromatic N) is 1. The quantitative estimate of drug-likeness (QED) is 0.142. The summed E-state index contributed by atoms with van der Waals surface area (Å²) in [6.07, 6.45) is 1.58. The number of hydrogen-bond donors (Lipinski definition) is 1. The lowest BCUT2D eigenvalue weighted by atomic mass is 10.2. The van der Waals surface area contributed by atoms with Crippen LogP contribution in [0.2, 0.25) is 5.02 Å². The van der Waals surface area contributed by atoms with Crippen molar-refractivity contribution in [2.45, 2.75) is 33.3 Å². The molecule has 3 rings (SSSR count). The molecule has 0 aromatic heterocycles. The number of carbonyl (C=O) groups excluding carboxylic acids is 2. The Balaban J connectivity index is 1.60. The van der Waals surface area contributed by atoms with Crippen LogP contribution >= 0.6 is 11.6 Å². The standard InChI is InChI=1S/C28H29ClN2O6/c1-4-16-35-23-11-7-21(8-12-23)28(33)37-25-15-6-20(17-26(25)34-5-2)18-30-31-27(32)19(3)36-24-13-9-22(29)10-14-24/h6-15,17-19H,4-5,16H2,1-3H3,(H,31,32). The fourth-order valence-corrected chi connectivity index (χ4v) is 3.18. The molecule has 1 amide bonds. The summed E-state index contributed by atoms with van der Waals surface area (Å²) in [4.78, 5) is 24.9. The molecule has 3 aromatic rings. The third-order valence-electron chi connectivity index (χ3n) is 4.92. The Hall–Kier alpha value is -4.04. The van der Waals surface area contributed by atoms with Gasteiger partial charge in [-0.15, -0.1) is 0 Å². The number of carbonyl (C=O) groups is 2. The van der Waals surface area contributed by atoms with Gasteiger partial charge in [-0.2, -0.15) is 5.10 Å². The van der Waals surface area contributed by atoms with Gasteiger partial charge in [0.15, 0.2) is 17.6 Å². The fourth-order valence-electron chi connectivity index (χ4n) is 3.06. The molecule has 0 aliphatic heterocycles. The van der Waals surface area contributed by atoms with E-state index in [2.05, 4.69) is 10.5 Å². The van der Waals surface area contributed by atoms with Crippen LogP contribution < -0.4 is 24.4 Å². The number of hydrazone groups is 1. The molecule has 37 heavy (non-hydrogen) atoms. The molecule has 0 saturated carbocycles. The Morgan fingerprint density at radius 2 is 1.65 bits per heavy atom. The number of nitrogens with one attached hydrogen (secondary N) is 1. The van der Waals surface area contributed by atoms with Crippen LogP contribution in [0.5, 0.6) is 23.0 Å². The Labute approximate surface area is 221 Å². The minimum atomic E-state index is -0.772. The Kier molecular flexibility index (Phi) is 10.3. The van der Waals surface area contributed by atoms with Crippen molar-refractivity contribution in [3.8, 4) is 23.0 Å². The molecule has 1 unspecified atom stereocenters. The van der Waals surface area contributed by atoms with Gasteiger partial charge in [-0.3, -0.25) is 4.79 Å². The molecule has 194 valence electrons. The number of benzene rings is 3. The molecule has 8 nitrogen and oxygen atoms in total. The molecular formula is C28H29ClN2O6. The molecular weight excluding hydrogens is 496 g/mol. The predicted octanol–water partition coefficient (Wildman–Crippen LogP) is 5.66. The van der Waals surface area contributed by atoms with Crippen molar-refractivity contribution in [2.75, 3.05) is 13.2 Å². The largest absolute Gasteiger partial charge is 0.494 e. The molecule has 3 aromatic carbocycles. The van der Waals surface area contributed by atoms with Crippen molar-refractivity contribution in [3.63, 3.8) is 0 Å². The average molecular weight is 525 g/mol. The first kappa shape index (κ1) is 27.5. The summed E-state index contributed by atoms with van der Waals surface area (Å²) in [5, 5.41) is 4.56. The van der Waals surface area contributed by atoms with E-state index >= 15 is 0 Å². The summed E-state index contributed by atoms with van der Waals surface area (Å²) >= 11 is 5.86. The van der Waals surface area contributed by atoms with Gasteiger partial charge in [-0.1, -0.05) is 18.5 Å². The average Bonchev–Trinajstić information content (AvgIpc) is 2.90. The Morgan fingerprint density at radius 1 is 0.946 bits per heavy atom. The van der Waals surface area contributed by atoms with Crippen LogP contribution in [0.25, 0.3) is 0 Å². The Bertz CT molecular complexity index is 1210. The Morgan fingerprint density at radius 3 is 2.32 bits per heavy atom. The second-order valence-electron chi connectivity index (χ2n) is 7.85. The zero-order valence-electron chi connectivity index (χ0n) is 20.9. The molecule has 0 aliphatic rings. The summed E-state index contributed by atoms with van der Waals surface area (Å²) in [7, 11) is 0. The van der Waals surface area contributed by atoms with Gasteiger partial charge in [0.25, 0.3) is 5.91 Å². The second-order valence-corrected chi connectivity index (χ2v) is 8.29. The van der Waals surface area contributed by atoms with E-state index in [0.29, 0.717) is 46.6 Å². The molecule has 0 heterocycles. The summed E-state index contributed by atoms with van der Waals surface area (Å²) in [6.45, 7) is 6.43. The van der Waals surface area contributed by atoms with E-state index in [4.69, 9.17) is 30.5 Å². The summed E-state index contributed by atoms with van der Waals surface area (Å²) in [5.41, 5.74) is 3.46. The van der Waals surface area contributed by atoms with E-state index in [1.54, 1.807) is 73.7 Å². The molecule has 1 N–H and O–H groups in total. The predicted molar refractivity (Wildman–Crippen MR) is 142 cm³/mol. The lowest BCUT2D eigenvalue weighted by Gasteiger charge is -2.13. The summed E-state index contributed by atoms with van der Waals surface area (Å²) in [6, 6.07) is 18.4. The lowest BCUT2D eigenvalue weighted by Crippen LogP contribution is -2.33. The number of ether oxygens (including phenoxy) is 4. The zero-order valence-corrected chi connectivity index (χ0v) is 21.7. The van der Waals surface area contributed by atoms with Crippen molar-refractivity contribution >= 4 is 29.7 Å². The van der Waals surface area contributed by atoms with Gasteiger partial charge >= 0.3 is 5.97 Å². The summed E-state index contributed by atoms with van der Waals surface area (Å²) in [5.74, 6) is 0.899. The van der Waals surface area contributed by atoms with Crippen molar-refractivity contribution in [1.29, 1.82) is 0 Å². The van der Waals surface area contributed by atoms with Crippen molar-refractivity contribution < 1.29 is 28.5 Å². The van der Waals surface area contributed by atoms with Crippen LogP contribution in [-0.4, -0.2) is 37.4 Å². The third kappa shape index (κ3) is 8.54. The van der Waals surface area contributed by atoms with Crippen molar-refractivity contribution in [1.82, 2.24) is 5.43 Å². The van der Waals surface area contributed by atoms with Gasteiger partial charge in [0, 0.05) is 5.02 Å². The van der Waals surface area contributed by atoms with Gasteiger partial charge in [0.2, 0.25) is 0 Å². The maximum absolute atomic E-state index is 12.6. The molecule has 0 saturated heterocycles. The van der Waals surface area contributed by atoms with Crippen LogP contribution in [0.4, 0.5) is 0 Å². The second kappa shape index (κ2) is 13.9. The van der Waals surface area contributed by atoms with Crippen LogP contribution in [0, 0.1) is 0 Å². The van der Waals surface area contributed by atoms with E-state index in [9.17, 15) is 9.59 Å². The minimum Gasteiger partial charge on any atom is -0.494 e. The SMILES string of the molecule is CCCOc1ccc(C(=O)Oc2ccc(C=NNC(=O)C(C)Oc3ccc(Cl)cc3)cc2OCC)cc1. The highest BCUT2D eigenvalue weighted by molar-refractivity contribution is 6.30. The van der Waals surface area contributed by atoms with E-state index in [1.165, 1.54) is 6.21 Å². The van der Waals surface area contributed by atoms with Crippen LogP contribution in [0.15, 0.2) is 71.8 Å². The number of hydrogen-bond acceptors (Lipinski definition) is 7. The third-order valence-corrected chi connectivity index (χ3v) is 5.17. The fraction of sp³-hybridized carbons (Fsp3) is 0.250. The highest BCUT2D eigenvalue weighted by atomic mass is 35.5. The maximum atomic E-state index is 12.6. The van der Waals surface area contributed by atoms with Gasteiger partial charge in [-0.05, 0) is 92.6 Å². The van der Waals surface area contributed by atoms with E-state index in [0.717, 1.165) is 6.42 Å². The van der Waals surface area contributed by atoms with E-state index < -0.39 is 18.0 Å². The topological polar surface area (TPSA) is 95.5 Å². The first-order chi connectivity index (χ1) is 17.9. The maximum Gasteiger partial charge on any atom is 0.343 e. The van der Waals surface area contributed by atoms with E-state index in [1.807, 2.05) is 13.8 Å². The highest BCUT2D eigenvalue weighted by Gasteiger charge is 2.15. The molecule has 0 radical (unpaired) electrons. The first-order valence-corrected chi connectivity index (χ1v) is 12.2. The summed E-state index contributed by atoms with van der Waals surface area (Å²) < 4.78 is 22.3. The molecule has 0 bridgehead atoms. The smallest absolute Gasteiger partial charge is 0.343 e. The lowest BCUT2D eigenvalue weighted by molar-refractivity contribution is -0.127. The molecule has 1 atom stereocenters. The molecule has 9 heteroatoms. The minimum absolute atomic E-state index is 0.268. The van der Waals surface area contributed by atoms with Crippen molar-refractivity contribution in [2.24, 2.45) is 5.10 Å². The molecule has 0 spiro atoms.